The lowest BCUT2D eigenvalue weighted by atomic mass is 10.2. The van der Waals surface area contributed by atoms with Crippen molar-refractivity contribution in [2.45, 2.75) is 13.8 Å². The van der Waals surface area contributed by atoms with Gasteiger partial charge in [-0.1, -0.05) is 19.9 Å². The standard InChI is InChI=1S/C16H21FN2O3/c1-12(2)11-22-16(21)19-8-6-18(7-9-19)15(20)13-4-3-5-14(17)10-13/h3-5,10,12H,6-9,11H2,1-2H3. The van der Waals surface area contributed by atoms with Crippen LogP contribution >= 0.6 is 0 Å². The molecule has 1 heterocycles. The molecule has 6 heteroatoms. The van der Waals surface area contributed by atoms with Gasteiger partial charge in [0.1, 0.15) is 5.82 Å². The van der Waals surface area contributed by atoms with Gasteiger partial charge >= 0.3 is 6.09 Å². The third-order valence-electron chi connectivity index (χ3n) is 3.44. The monoisotopic (exact) mass is 308 g/mol. The van der Waals surface area contributed by atoms with Gasteiger partial charge in [0.15, 0.2) is 0 Å². The Kier molecular flexibility index (Phi) is 5.35. The number of carbonyl (C=O) groups excluding carboxylic acids is 2. The van der Waals surface area contributed by atoms with Gasteiger partial charge in [-0.25, -0.2) is 9.18 Å². The van der Waals surface area contributed by atoms with Crippen molar-refractivity contribution in [2.24, 2.45) is 5.92 Å². The van der Waals surface area contributed by atoms with Crippen molar-refractivity contribution in [3.05, 3.63) is 35.6 Å². The minimum absolute atomic E-state index is 0.213. The van der Waals surface area contributed by atoms with Gasteiger partial charge in [0.2, 0.25) is 0 Å². The summed E-state index contributed by atoms with van der Waals surface area (Å²) in [5.74, 6) is -0.351. The van der Waals surface area contributed by atoms with Crippen molar-refractivity contribution in [1.82, 2.24) is 9.80 Å². The number of halogens is 1. The first-order valence-electron chi connectivity index (χ1n) is 7.44. The lowest BCUT2D eigenvalue weighted by Gasteiger charge is -2.34. The van der Waals surface area contributed by atoms with Crippen LogP contribution in [0.4, 0.5) is 9.18 Å². The van der Waals surface area contributed by atoms with Crippen LogP contribution < -0.4 is 0 Å². The molecule has 1 fully saturated rings. The molecule has 0 unspecified atom stereocenters. The summed E-state index contributed by atoms with van der Waals surface area (Å²) in [6.45, 7) is 6.04. The van der Waals surface area contributed by atoms with Crippen LogP contribution in [0.15, 0.2) is 24.3 Å². The molecule has 0 saturated carbocycles. The number of hydrogen-bond acceptors (Lipinski definition) is 3. The van der Waals surface area contributed by atoms with Gasteiger partial charge in [0.05, 0.1) is 6.61 Å². The van der Waals surface area contributed by atoms with Crippen molar-refractivity contribution in [3.63, 3.8) is 0 Å². The fourth-order valence-electron chi connectivity index (χ4n) is 2.23. The largest absolute Gasteiger partial charge is 0.449 e. The molecule has 1 aromatic carbocycles. The van der Waals surface area contributed by atoms with E-state index in [9.17, 15) is 14.0 Å². The topological polar surface area (TPSA) is 49.9 Å². The van der Waals surface area contributed by atoms with Gasteiger partial charge in [0, 0.05) is 31.7 Å². The van der Waals surface area contributed by atoms with E-state index in [0.29, 0.717) is 44.3 Å². The van der Waals surface area contributed by atoms with E-state index in [4.69, 9.17) is 4.74 Å². The summed E-state index contributed by atoms with van der Waals surface area (Å²) >= 11 is 0. The zero-order valence-electron chi connectivity index (χ0n) is 12.9. The minimum atomic E-state index is -0.429. The van der Waals surface area contributed by atoms with Crippen LogP contribution in [0.2, 0.25) is 0 Å². The predicted octanol–water partition coefficient (Wildman–Crippen LogP) is 2.38. The van der Waals surface area contributed by atoms with E-state index in [1.807, 2.05) is 13.8 Å². The van der Waals surface area contributed by atoms with Gasteiger partial charge in [-0.3, -0.25) is 4.79 Å². The van der Waals surface area contributed by atoms with Crippen LogP contribution in [0.5, 0.6) is 0 Å². The van der Waals surface area contributed by atoms with E-state index in [1.165, 1.54) is 18.2 Å². The summed E-state index contributed by atoms with van der Waals surface area (Å²) in [7, 11) is 0. The summed E-state index contributed by atoms with van der Waals surface area (Å²) in [6.07, 6.45) is -0.341. The van der Waals surface area contributed by atoms with E-state index in [-0.39, 0.29) is 12.0 Å². The Morgan fingerprint density at radius 1 is 1.18 bits per heavy atom. The quantitative estimate of drug-likeness (QED) is 0.861. The maximum absolute atomic E-state index is 13.2. The van der Waals surface area contributed by atoms with E-state index >= 15 is 0 Å². The summed E-state index contributed by atoms with van der Waals surface area (Å²) in [5.41, 5.74) is 0.329. The first-order valence-corrected chi connectivity index (χ1v) is 7.44. The first-order chi connectivity index (χ1) is 10.5. The third-order valence-corrected chi connectivity index (χ3v) is 3.44. The smallest absolute Gasteiger partial charge is 0.409 e. The average Bonchev–Trinajstić information content (AvgIpc) is 2.52. The van der Waals surface area contributed by atoms with Crippen LogP contribution in [0.1, 0.15) is 24.2 Å². The Labute approximate surface area is 129 Å². The third kappa shape index (κ3) is 4.19. The molecule has 0 aromatic heterocycles. The number of ether oxygens (including phenoxy) is 1. The highest BCUT2D eigenvalue weighted by Gasteiger charge is 2.25. The fourth-order valence-corrected chi connectivity index (χ4v) is 2.23. The van der Waals surface area contributed by atoms with Crippen LogP contribution in [0.3, 0.4) is 0 Å². The predicted molar refractivity (Wildman–Crippen MR) is 80.1 cm³/mol. The van der Waals surface area contributed by atoms with Gasteiger partial charge in [0.25, 0.3) is 5.91 Å². The maximum Gasteiger partial charge on any atom is 0.409 e. The van der Waals surface area contributed by atoms with E-state index in [1.54, 1.807) is 15.9 Å². The Bertz CT molecular complexity index is 540. The van der Waals surface area contributed by atoms with Crippen LogP contribution in [0, 0.1) is 11.7 Å². The second-order valence-electron chi connectivity index (χ2n) is 5.76. The second-order valence-corrected chi connectivity index (χ2v) is 5.76. The van der Waals surface area contributed by atoms with Gasteiger partial charge in [-0.15, -0.1) is 0 Å². The molecule has 0 atom stereocenters. The Morgan fingerprint density at radius 3 is 2.41 bits per heavy atom. The number of benzene rings is 1. The molecule has 0 aliphatic carbocycles. The number of rotatable bonds is 3. The lowest BCUT2D eigenvalue weighted by Crippen LogP contribution is -2.50. The zero-order valence-corrected chi connectivity index (χ0v) is 12.9. The minimum Gasteiger partial charge on any atom is -0.449 e. The zero-order chi connectivity index (χ0) is 16.1. The summed E-state index contributed by atoms with van der Waals surface area (Å²) < 4.78 is 18.3. The van der Waals surface area contributed by atoms with Crippen LogP contribution in [-0.4, -0.2) is 54.6 Å². The van der Waals surface area contributed by atoms with E-state index in [0.717, 1.165) is 0 Å². The molecular formula is C16H21FN2O3. The molecule has 1 aliphatic heterocycles. The molecule has 1 aromatic rings. The van der Waals surface area contributed by atoms with Crippen molar-refractivity contribution in [1.29, 1.82) is 0 Å². The van der Waals surface area contributed by atoms with Crippen LogP contribution in [-0.2, 0) is 4.74 Å². The van der Waals surface area contributed by atoms with Gasteiger partial charge in [-0.2, -0.15) is 0 Å². The first kappa shape index (κ1) is 16.3. The van der Waals surface area contributed by atoms with Crippen molar-refractivity contribution in [3.8, 4) is 0 Å². The molecule has 2 rings (SSSR count). The molecule has 1 saturated heterocycles. The molecule has 22 heavy (non-hydrogen) atoms. The van der Waals surface area contributed by atoms with Crippen molar-refractivity contribution in [2.75, 3.05) is 32.8 Å². The molecule has 5 nitrogen and oxygen atoms in total. The highest BCUT2D eigenvalue weighted by molar-refractivity contribution is 5.94. The number of hydrogen-bond donors (Lipinski definition) is 0. The van der Waals surface area contributed by atoms with E-state index < -0.39 is 5.82 Å². The van der Waals surface area contributed by atoms with Crippen molar-refractivity contribution >= 4 is 12.0 Å². The Hall–Kier alpha value is -2.11. The van der Waals surface area contributed by atoms with E-state index in [2.05, 4.69) is 0 Å². The van der Waals surface area contributed by atoms with Crippen LogP contribution in [0.25, 0.3) is 0 Å². The second kappa shape index (κ2) is 7.24. The molecule has 0 bridgehead atoms. The Morgan fingerprint density at radius 2 is 1.82 bits per heavy atom. The SMILES string of the molecule is CC(C)COC(=O)N1CCN(C(=O)c2cccc(F)c2)CC1. The summed E-state index contributed by atoms with van der Waals surface area (Å²) in [6, 6.07) is 5.64. The molecule has 0 N–H and O–H groups in total. The summed E-state index contributed by atoms with van der Waals surface area (Å²) in [5, 5.41) is 0. The molecule has 2 amide bonds. The lowest BCUT2D eigenvalue weighted by molar-refractivity contribution is 0.0535. The fraction of sp³-hybridized carbons (Fsp3) is 0.500. The molecular weight excluding hydrogens is 287 g/mol. The number of carbonyl (C=O) groups is 2. The summed E-state index contributed by atoms with van der Waals surface area (Å²) in [4.78, 5) is 27.3. The molecule has 1 aliphatic rings. The number of nitrogens with zero attached hydrogens (tertiary/aromatic N) is 2. The Balaban J connectivity index is 1.86. The van der Waals surface area contributed by atoms with Crippen molar-refractivity contribution < 1.29 is 18.7 Å². The molecule has 0 spiro atoms. The van der Waals surface area contributed by atoms with Gasteiger partial charge in [-0.05, 0) is 24.1 Å². The highest BCUT2D eigenvalue weighted by atomic mass is 19.1. The molecule has 120 valence electrons. The average molecular weight is 308 g/mol. The highest BCUT2D eigenvalue weighted by Crippen LogP contribution is 2.11. The normalized spacial score (nSPS) is 15.1. The number of piperazine rings is 1. The van der Waals surface area contributed by atoms with Gasteiger partial charge < -0.3 is 14.5 Å². The number of amides is 2. The molecule has 0 radical (unpaired) electrons. The maximum atomic E-state index is 13.2.